The van der Waals surface area contributed by atoms with E-state index in [9.17, 15) is 24.3 Å². The first-order chi connectivity index (χ1) is 18.5. The van der Waals surface area contributed by atoms with Crippen LogP contribution in [0.4, 0.5) is 14.4 Å². The monoisotopic (exact) mass is 572 g/mol. The van der Waals surface area contributed by atoms with Crippen molar-refractivity contribution in [3.05, 3.63) is 0 Å². The SMILES string of the molecule is CCOC(=O)O[C@H]1C[C@@H](NC=NC(=O)OC(C)(C)CNC(=O)OC(C)(C)C)[C@H]([C@@H](NC(C)=O)C(CC)CC)[C@@H]1O. The van der Waals surface area contributed by atoms with Crippen molar-refractivity contribution in [2.45, 2.75) is 117 Å². The van der Waals surface area contributed by atoms with E-state index in [4.69, 9.17) is 18.9 Å². The molecule has 0 heterocycles. The summed E-state index contributed by atoms with van der Waals surface area (Å²) in [5.74, 6) is -0.781. The van der Waals surface area contributed by atoms with Gasteiger partial charge in [-0.3, -0.25) is 4.79 Å². The molecule has 0 aliphatic heterocycles. The molecule has 0 aromatic heterocycles. The van der Waals surface area contributed by atoms with Gasteiger partial charge in [0.25, 0.3) is 0 Å². The summed E-state index contributed by atoms with van der Waals surface area (Å²) in [7, 11) is 0. The first-order valence-corrected chi connectivity index (χ1v) is 13.8. The molecule has 0 aromatic rings. The van der Waals surface area contributed by atoms with E-state index >= 15 is 0 Å². The Balaban J connectivity index is 2.98. The summed E-state index contributed by atoms with van der Waals surface area (Å²) in [6.45, 7) is 15.6. The number of nitrogens with zero attached hydrogens (tertiary/aromatic N) is 1. The molecule has 5 atom stereocenters. The van der Waals surface area contributed by atoms with Gasteiger partial charge < -0.3 is 40.0 Å². The summed E-state index contributed by atoms with van der Waals surface area (Å²) >= 11 is 0. The summed E-state index contributed by atoms with van der Waals surface area (Å²) in [4.78, 5) is 52.2. The molecule has 13 heteroatoms. The second-order valence-electron chi connectivity index (χ2n) is 11.5. The fraction of sp³-hybridized carbons (Fsp3) is 0.815. The Bertz CT molecular complexity index is 884. The van der Waals surface area contributed by atoms with Crippen molar-refractivity contribution in [1.82, 2.24) is 16.0 Å². The van der Waals surface area contributed by atoms with Crippen molar-refractivity contribution < 1.29 is 43.2 Å². The van der Waals surface area contributed by atoms with Gasteiger partial charge in [0.05, 0.1) is 25.6 Å². The minimum atomic E-state index is -1.11. The van der Waals surface area contributed by atoms with Crippen LogP contribution in [0.2, 0.25) is 0 Å². The number of hydrogen-bond acceptors (Lipinski definition) is 9. The van der Waals surface area contributed by atoms with Gasteiger partial charge >= 0.3 is 18.3 Å². The Morgan fingerprint density at radius 3 is 2.20 bits per heavy atom. The quantitative estimate of drug-likeness (QED) is 0.118. The van der Waals surface area contributed by atoms with Gasteiger partial charge in [-0.25, -0.2) is 14.4 Å². The number of aliphatic imine (C=N–C) groups is 1. The Morgan fingerprint density at radius 2 is 1.68 bits per heavy atom. The van der Waals surface area contributed by atoms with E-state index in [0.717, 1.165) is 19.2 Å². The van der Waals surface area contributed by atoms with Crippen LogP contribution in [0.25, 0.3) is 0 Å². The maximum absolute atomic E-state index is 12.4. The summed E-state index contributed by atoms with van der Waals surface area (Å²) in [5, 5.41) is 19.7. The van der Waals surface area contributed by atoms with Crippen LogP contribution < -0.4 is 16.0 Å². The molecule has 3 amide bonds. The number of alkyl carbamates (subject to hydrolysis) is 1. The van der Waals surface area contributed by atoms with Crippen molar-refractivity contribution in [3.63, 3.8) is 0 Å². The molecule has 230 valence electrons. The molecule has 13 nitrogen and oxygen atoms in total. The van der Waals surface area contributed by atoms with Gasteiger partial charge in [-0.05, 0) is 47.5 Å². The molecule has 0 aromatic carbocycles. The van der Waals surface area contributed by atoms with E-state index in [1.165, 1.54) is 6.92 Å². The summed E-state index contributed by atoms with van der Waals surface area (Å²) in [6, 6.07) is -0.945. The van der Waals surface area contributed by atoms with Gasteiger partial charge in [-0.1, -0.05) is 26.7 Å². The van der Waals surface area contributed by atoms with Gasteiger partial charge in [0.15, 0.2) is 0 Å². The highest BCUT2D eigenvalue weighted by molar-refractivity contribution is 5.79. The smallest absolute Gasteiger partial charge is 0.444 e. The van der Waals surface area contributed by atoms with E-state index in [-0.39, 0.29) is 31.4 Å². The lowest BCUT2D eigenvalue weighted by Gasteiger charge is -2.36. The molecule has 1 saturated carbocycles. The first kappa shape index (κ1) is 34.9. The van der Waals surface area contributed by atoms with E-state index in [1.807, 2.05) is 13.8 Å². The summed E-state index contributed by atoms with van der Waals surface area (Å²) in [5.41, 5.74) is -1.75. The number of nitrogens with one attached hydrogen (secondary N) is 3. The van der Waals surface area contributed by atoms with Crippen molar-refractivity contribution in [2.75, 3.05) is 13.2 Å². The second kappa shape index (κ2) is 15.6. The normalized spacial score (nSPS) is 22.0. The Morgan fingerprint density at radius 1 is 1.05 bits per heavy atom. The third-order valence-electron chi connectivity index (χ3n) is 6.46. The molecule has 4 N–H and O–H groups in total. The Labute approximate surface area is 237 Å². The fourth-order valence-corrected chi connectivity index (χ4v) is 4.71. The number of hydrogen-bond donors (Lipinski definition) is 4. The lowest BCUT2D eigenvalue weighted by Crippen LogP contribution is -2.53. The summed E-state index contributed by atoms with van der Waals surface area (Å²) < 4.78 is 20.8. The summed E-state index contributed by atoms with van der Waals surface area (Å²) in [6.07, 6.45) is -1.62. The van der Waals surface area contributed by atoms with Crippen LogP contribution >= 0.6 is 0 Å². The predicted octanol–water partition coefficient (Wildman–Crippen LogP) is 3.28. The molecular formula is C27H48N4O9. The van der Waals surface area contributed by atoms with Gasteiger partial charge in [-0.2, -0.15) is 4.99 Å². The molecule has 1 aliphatic carbocycles. The number of aliphatic hydroxyl groups is 1. The van der Waals surface area contributed by atoms with Crippen LogP contribution in [0.3, 0.4) is 0 Å². The molecule has 1 fully saturated rings. The van der Waals surface area contributed by atoms with E-state index in [0.29, 0.717) is 0 Å². The van der Waals surface area contributed by atoms with Crippen LogP contribution in [0.5, 0.6) is 0 Å². The molecule has 0 radical (unpaired) electrons. The number of amides is 3. The second-order valence-corrected chi connectivity index (χ2v) is 11.5. The molecule has 1 aliphatic rings. The topological polar surface area (TPSA) is 174 Å². The molecule has 40 heavy (non-hydrogen) atoms. The first-order valence-electron chi connectivity index (χ1n) is 13.8. The van der Waals surface area contributed by atoms with Gasteiger partial charge in [0.1, 0.15) is 17.3 Å². The minimum Gasteiger partial charge on any atom is -0.444 e. The van der Waals surface area contributed by atoms with Gasteiger partial charge in [0, 0.05) is 31.3 Å². The largest absolute Gasteiger partial charge is 0.508 e. The highest BCUT2D eigenvalue weighted by atomic mass is 16.7. The fourth-order valence-electron chi connectivity index (χ4n) is 4.71. The number of aliphatic hydroxyl groups excluding tert-OH is 1. The third kappa shape index (κ3) is 12.0. The highest BCUT2D eigenvalue weighted by Crippen LogP contribution is 2.36. The van der Waals surface area contributed by atoms with Crippen LogP contribution in [-0.2, 0) is 23.7 Å². The third-order valence-corrected chi connectivity index (χ3v) is 6.46. The molecule has 0 unspecified atom stereocenters. The van der Waals surface area contributed by atoms with Gasteiger partial charge in [0.2, 0.25) is 5.91 Å². The van der Waals surface area contributed by atoms with Crippen molar-refractivity contribution >= 4 is 30.6 Å². The van der Waals surface area contributed by atoms with Crippen LogP contribution in [-0.4, -0.2) is 84.3 Å². The minimum absolute atomic E-state index is 0.00576. The molecule has 0 saturated heterocycles. The zero-order chi connectivity index (χ0) is 30.7. The molecule has 1 rings (SSSR count). The zero-order valence-electron chi connectivity index (χ0n) is 25.2. The lowest BCUT2D eigenvalue weighted by atomic mass is 9.81. The highest BCUT2D eigenvalue weighted by Gasteiger charge is 2.49. The molecule has 0 bridgehead atoms. The van der Waals surface area contributed by atoms with Crippen molar-refractivity contribution in [3.8, 4) is 0 Å². The molecular weight excluding hydrogens is 524 g/mol. The molecule has 0 spiro atoms. The Hall–Kier alpha value is -3.09. The van der Waals surface area contributed by atoms with E-state index < -0.39 is 59.8 Å². The average molecular weight is 573 g/mol. The van der Waals surface area contributed by atoms with Crippen LogP contribution in [0, 0.1) is 11.8 Å². The zero-order valence-corrected chi connectivity index (χ0v) is 25.2. The predicted molar refractivity (Wildman–Crippen MR) is 148 cm³/mol. The maximum atomic E-state index is 12.4. The van der Waals surface area contributed by atoms with Gasteiger partial charge in [-0.15, -0.1) is 0 Å². The average Bonchev–Trinajstić information content (AvgIpc) is 3.10. The number of ether oxygens (including phenoxy) is 4. The van der Waals surface area contributed by atoms with Crippen LogP contribution in [0.15, 0.2) is 4.99 Å². The number of carbonyl (C=O) groups is 4. The lowest BCUT2D eigenvalue weighted by molar-refractivity contribution is -0.121. The van der Waals surface area contributed by atoms with Crippen LogP contribution in [0.1, 0.15) is 81.6 Å². The van der Waals surface area contributed by atoms with E-state index in [2.05, 4.69) is 20.9 Å². The van der Waals surface area contributed by atoms with Crippen molar-refractivity contribution in [1.29, 1.82) is 0 Å². The standard InChI is InChI=1S/C27H48N4O9/c1-10-17(11-2)21(31-16(4)32)20-18(13-19(22(20)33)38-25(36)37-12-3)29-15-30-24(35)40-27(8,9)14-28-23(34)39-26(5,6)7/h15,17-22,33H,10-14H2,1-9H3,(H,28,34)(H,31,32)(H,29,30,35)/t18-,19+,20-,21+,22-/m1/s1. The Kier molecular flexibility index (Phi) is 13.7. The van der Waals surface area contributed by atoms with E-state index in [1.54, 1.807) is 41.5 Å². The number of carbonyl (C=O) groups excluding carboxylic acids is 4. The number of rotatable bonds is 12. The van der Waals surface area contributed by atoms with Crippen molar-refractivity contribution in [2.24, 2.45) is 16.8 Å². The maximum Gasteiger partial charge on any atom is 0.508 e.